The van der Waals surface area contributed by atoms with Crippen LogP contribution >= 0.6 is 27.3 Å². The lowest BCUT2D eigenvalue weighted by Gasteiger charge is -2.20. The Balaban J connectivity index is 2.21. The van der Waals surface area contributed by atoms with Gasteiger partial charge >= 0.3 is 5.97 Å². The first-order valence-corrected chi connectivity index (χ1v) is 8.13. The Bertz CT molecular complexity index is 417. The number of carboxylic acid groups (broad SMARTS) is 1. The first-order valence-electron chi connectivity index (χ1n) is 6.46. The van der Waals surface area contributed by atoms with Crippen molar-refractivity contribution in [3.05, 3.63) is 20.8 Å². The van der Waals surface area contributed by atoms with Gasteiger partial charge in [-0.1, -0.05) is 6.42 Å². The topological polar surface area (TPSA) is 40.5 Å². The molecule has 1 heterocycles. The molecule has 0 aliphatic heterocycles. The van der Waals surface area contributed by atoms with Gasteiger partial charge in [-0.15, -0.1) is 11.3 Å². The Morgan fingerprint density at radius 3 is 2.68 bits per heavy atom. The molecule has 0 saturated carbocycles. The van der Waals surface area contributed by atoms with Crippen LogP contribution in [0.2, 0.25) is 0 Å². The zero-order valence-corrected chi connectivity index (χ0v) is 14.2. The van der Waals surface area contributed by atoms with Crippen LogP contribution in [-0.4, -0.2) is 29.6 Å². The molecule has 1 N–H and O–H groups in total. The first-order chi connectivity index (χ1) is 8.81. The predicted octanol–water partition coefficient (Wildman–Crippen LogP) is 4.22. The maximum absolute atomic E-state index is 11.0. The second-order valence-corrected chi connectivity index (χ2v) is 7.93. The molecule has 1 aromatic heterocycles. The van der Waals surface area contributed by atoms with Crippen molar-refractivity contribution in [3.8, 4) is 0 Å². The van der Waals surface area contributed by atoms with Gasteiger partial charge in [0.2, 0.25) is 0 Å². The zero-order chi connectivity index (χ0) is 14.5. The van der Waals surface area contributed by atoms with Gasteiger partial charge < -0.3 is 10.0 Å². The Morgan fingerprint density at radius 1 is 1.47 bits per heavy atom. The number of carboxylic acids is 1. The number of hydrogen-bond acceptors (Lipinski definition) is 3. The Morgan fingerprint density at radius 2 is 2.16 bits per heavy atom. The van der Waals surface area contributed by atoms with Crippen LogP contribution in [0.15, 0.2) is 15.2 Å². The second kappa shape index (κ2) is 7.41. The standard InChI is InChI=1S/C14H22BrNO2S/c1-14(2,13(17)18)6-4-5-7-16(3)9-11-8-12(15)19-10-11/h8,10H,4-7,9H2,1-3H3,(H,17,18). The van der Waals surface area contributed by atoms with E-state index in [-0.39, 0.29) is 0 Å². The highest BCUT2D eigenvalue weighted by Gasteiger charge is 2.25. The maximum atomic E-state index is 11.0. The molecule has 0 amide bonds. The smallest absolute Gasteiger partial charge is 0.309 e. The summed E-state index contributed by atoms with van der Waals surface area (Å²) >= 11 is 5.17. The molecule has 0 bridgehead atoms. The quantitative estimate of drug-likeness (QED) is 0.715. The molecule has 5 heteroatoms. The lowest BCUT2D eigenvalue weighted by Crippen LogP contribution is -2.24. The minimum atomic E-state index is -0.705. The maximum Gasteiger partial charge on any atom is 0.309 e. The van der Waals surface area contributed by atoms with E-state index in [1.165, 1.54) is 9.35 Å². The molecule has 19 heavy (non-hydrogen) atoms. The number of hydrogen-bond donors (Lipinski definition) is 1. The fourth-order valence-electron chi connectivity index (χ4n) is 1.88. The van der Waals surface area contributed by atoms with E-state index in [2.05, 4.69) is 39.3 Å². The minimum Gasteiger partial charge on any atom is -0.481 e. The van der Waals surface area contributed by atoms with Crippen LogP contribution in [0.3, 0.4) is 0 Å². The SMILES string of the molecule is CN(CCCCC(C)(C)C(=O)O)Cc1csc(Br)c1. The molecule has 0 aromatic carbocycles. The van der Waals surface area contributed by atoms with Gasteiger partial charge in [0.25, 0.3) is 0 Å². The monoisotopic (exact) mass is 347 g/mol. The molecule has 1 aromatic rings. The largest absolute Gasteiger partial charge is 0.481 e. The molecule has 0 fully saturated rings. The molecular formula is C14H22BrNO2S. The molecule has 0 aliphatic carbocycles. The van der Waals surface area contributed by atoms with Crippen LogP contribution < -0.4 is 0 Å². The number of nitrogens with zero attached hydrogens (tertiary/aromatic N) is 1. The minimum absolute atomic E-state index is 0.600. The molecule has 0 unspecified atom stereocenters. The van der Waals surface area contributed by atoms with Crippen molar-refractivity contribution in [3.63, 3.8) is 0 Å². The van der Waals surface area contributed by atoms with E-state index in [1.807, 2.05) is 0 Å². The summed E-state index contributed by atoms with van der Waals surface area (Å²) in [7, 11) is 2.11. The average molecular weight is 348 g/mol. The first kappa shape index (κ1) is 16.7. The number of halogens is 1. The average Bonchev–Trinajstić information content (AvgIpc) is 2.70. The number of rotatable bonds is 8. The van der Waals surface area contributed by atoms with Crippen molar-refractivity contribution in [2.24, 2.45) is 5.41 Å². The van der Waals surface area contributed by atoms with E-state index in [9.17, 15) is 4.79 Å². The number of aliphatic carboxylic acids is 1. The highest BCUT2D eigenvalue weighted by atomic mass is 79.9. The van der Waals surface area contributed by atoms with Gasteiger partial charge in [-0.25, -0.2) is 0 Å². The van der Waals surface area contributed by atoms with E-state index >= 15 is 0 Å². The molecule has 3 nitrogen and oxygen atoms in total. The van der Waals surface area contributed by atoms with Crippen LogP contribution in [0, 0.1) is 5.41 Å². The normalized spacial score (nSPS) is 12.1. The predicted molar refractivity (Wildman–Crippen MR) is 83.6 cm³/mol. The third-order valence-electron chi connectivity index (χ3n) is 3.24. The van der Waals surface area contributed by atoms with E-state index in [0.29, 0.717) is 0 Å². The van der Waals surface area contributed by atoms with Crippen LogP contribution in [-0.2, 0) is 11.3 Å². The van der Waals surface area contributed by atoms with Crippen molar-refractivity contribution >= 4 is 33.2 Å². The van der Waals surface area contributed by atoms with Crippen LogP contribution in [0.5, 0.6) is 0 Å². The molecule has 0 saturated heterocycles. The molecule has 108 valence electrons. The van der Waals surface area contributed by atoms with Crippen LogP contribution in [0.4, 0.5) is 0 Å². The summed E-state index contributed by atoms with van der Waals surface area (Å²) in [6.07, 6.45) is 2.73. The van der Waals surface area contributed by atoms with Crippen molar-refractivity contribution in [1.82, 2.24) is 4.90 Å². The fourth-order valence-corrected chi connectivity index (χ4v) is 3.08. The van der Waals surface area contributed by atoms with E-state index in [4.69, 9.17) is 5.11 Å². The molecule has 1 rings (SSSR count). The molecule has 0 spiro atoms. The third-order valence-corrected chi connectivity index (χ3v) is 4.80. The summed E-state index contributed by atoms with van der Waals surface area (Å²) in [5, 5.41) is 11.2. The van der Waals surface area contributed by atoms with Crippen LogP contribution in [0.25, 0.3) is 0 Å². The third kappa shape index (κ3) is 6.06. The second-order valence-electron chi connectivity index (χ2n) is 5.64. The van der Waals surface area contributed by atoms with Gasteiger partial charge in [-0.3, -0.25) is 4.79 Å². The van der Waals surface area contributed by atoms with Gasteiger partial charge in [-0.2, -0.15) is 0 Å². The van der Waals surface area contributed by atoms with Gasteiger partial charge in [0.15, 0.2) is 0 Å². The Labute approximate surface area is 127 Å². The highest BCUT2D eigenvalue weighted by molar-refractivity contribution is 9.11. The van der Waals surface area contributed by atoms with Gasteiger partial charge in [0, 0.05) is 6.54 Å². The lowest BCUT2D eigenvalue weighted by atomic mass is 9.87. The zero-order valence-electron chi connectivity index (χ0n) is 11.8. The van der Waals surface area contributed by atoms with Gasteiger partial charge in [0.05, 0.1) is 9.20 Å². The van der Waals surface area contributed by atoms with Crippen molar-refractivity contribution < 1.29 is 9.90 Å². The summed E-state index contributed by atoms with van der Waals surface area (Å²) in [5.74, 6) is -0.705. The van der Waals surface area contributed by atoms with Crippen molar-refractivity contribution in [2.75, 3.05) is 13.6 Å². The highest BCUT2D eigenvalue weighted by Crippen LogP contribution is 2.24. The summed E-state index contributed by atoms with van der Waals surface area (Å²) in [5.41, 5.74) is 0.724. The molecule has 0 atom stereocenters. The van der Waals surface area contributed by atoms with Crippen LogP contribution in [0.1, 0.15) is 38.7 Å². The van der Waals surface area contributed by atoms with Gasteiger partial charge in [-0.05, 0) is 73.2 Å². The van der Waals surface area contributed by atoms with Crippen molar-refractivity contribution in [2.45, 2.75) is 39.7 Å². The van der Waals surface area contributed by atoms with E-state index in [0.717, 1.165) is 32.4 Å². The molecule has 0 radical (unpaired) electrons. The number of carbonyl (C=O) groups is 1. The summed E-state index contributed by atoms with van der Waals surface area (Å²) in [4.78, 5) is 13.3. The number of thiophene rings is 1. The van der Waals surface area contributed by atoms with Crippen molar-refractivity contribution in [1.29, 1.82) is 0 Å². The summed E-state index contributed by atoms with van der Waals surface area (Å²) in [6, 6.07) is 2.15. The summed E-state index contributed by atoms with van der Waals surface area (Å²) in [6.45, 7) is 5.54. The molecular weight excluding hydrogens is 326 g/mol. The Kier molecular flexibility index (Phi) is 6.50. The molecule has 0 aliphatic rings. The van der Waals surface area contributed by atoms with E-state index < -0.39 is 11.4 Å². The van der Waals surface area contributed by atoms with E-state index in [1.54, 1.807) is 25.2 Å². The summed E-state index contributed by atoms with van der Waals surface area (Å²) < 4.78 is 1.17. The fraction of sp³-hybridized carbons (Fsp3) is 0.643. The number of unbranched alkanes of at least 4 members (excludes halogenated alkanes) is 1. The Hall–Kier alpha value is -0.390. The van der Waals surface area contributed by atoms with Gasteiger partial charge in [0.1, 0.15) is 0 Å². The lowest BCUT2D eigenvalue weighted by molar-refractivity contribution is -0.147.